The Balaban J connectivity index is 2.50. The first kappa shape index (κ1) is 10.3. The van der Waals surface area contributed by atoms with E-state index in [2.05, 4.69) is 18.8 Å². The molecular weight excluding hydrogens is 160 g/mol. The summed E-state index contributed by atoms with van der Waals surface area (Å²) in [6, 6.07) is 0. The number of Topliss-reactive ketones (excluding diaryl/α,β-unsaturated/α-hetero) is 1. The molecule has 1 aliphatic rings. The van der Waals surface area contributed by atoms with Gasteiger partial charge in [-0.15, -0.1) is 11.8 Å². The van der Waals surface area contributed by atoms with Crippen molar-refractivity contribution in [3.63, 3.8) is 0 Å². The fraction of sp³-hybridized carbons (Fsp3) is 0.750. The lowest BCUT2D eigenvalue weighted by Gasteiger charge is -2.31. The Hall–Kier alpha value is -0.770. The molecule has 0 aromatic carbocycles. The molecule has 0 aliphatic heterocycles. The molecule has 0 radical (unpaired) electrons. The van der Waals surface area contributed by atoms with Crippen molar-refractivity contribution in [1.29, 1.82) is 0 Å². The molecule has 1 atom stereocenters. The molecule has 1 rings (SSSR count). The first-order valence-electron chi connectivity index (χ1n) is 5.12. The van der Waals surface area contributed by atoms with Crippen molar-refractivity contribution in [2.24, 2.45) is 5.41 Å². The molecule has 0 bridgehead atoms. The number of hydrogen-bond donors (Lipinski definition) is 0. The molecule has 0 amide bonds. The van der Waals surface area contributed by atoms with E-state index in [1.165, 1.54) is 6.42 Å². The zero-order valence-electron chi connectivity index (χ0n) is 8.65. The molecule has 1 heteroatoms. The van der Waals surface area contributed by atoms with Crippen LogP contribution in [0.4, 0.5) is 0 Å². The van der Waals surface area contributed by atoms with Crippen molar-refractivity contribution in [1.82, 2.24) is 0 Å². The van der Waals surface area contributed by atoms with Crippen molar-refractivity contribution < 1.29 is 4.79 Å². The van der Waals surface area contributed by atoms with Gasteiger partial charge in [0.1, 0.15) is 5.78 Å². The minimum Gasteiger partial charge on any atom is -0.299 e. The van der Waals surface area contributed by atoms with Crippen molar-refractivity contribution in [2.75, 3.05) is 0 Å². The van der Waals surface area contributed by atoms with Crippen LogP contribution in [0.5, 0.6) is 0 Å². The topological polar surface area (TPSA) is 17.1 Å². The van der Waals surface area contributed by atoms with Gasteiger partial charge in [0, 0.05) is 18.3 Å². The highest BCUT2D eigenvalue weighted by atomic mass is 16.1. The second-order valence-corrected chi connectivity index (χ2v) is 4.12. The number of carbonyl (C=O) groups is 1. The molecule has 0 saturated heterocycles. The molecule has 1 saturated carbocycles. The van der Waals surface area contributed by atoms with Gasteiger partial charge in [0.05, 0.1) is 0 Å². The van der Waals surface area contributed by atoms with Gasteiger partial charge in [0.2, 0.25) is 0 Å². The van der Waals surface area contributed by atoms with Crippen LogP contribution in [0.15, 0.2) is 0 Å². The number of carbonyl (C=O) groups excluding carboxylic acids is 1. The molecule has 72 valence electrons. The molecule has 1 fully saturated rings. The van der Waals surface area contributed by atoms with Gasteiger partial charge in [0.25, 0.3) is 0 Å². The SMILES string of the molecule is CC#CCCC1(C)CCCCC1=O. The largest absolute Gasteiger partial charge is 0.299 e. The summed E-state index contributed by atoms with van der Waals surface area (Å²) in [5.41, 5.74) is -0.0535. The highest BCUT2D eigenvalue weighted by Gasteiger charge is 2.33. The summed E-state index contributed by atoms with van der Waals surface area (Å²) in [7, 11) is 0. The van der Waals surface area contributed by atoms with Gasteiger partial charge in [0.15, 0.2) is 0 Å². The molecule has 13 heavy (non-hydrogen) atoms. The summed E-state index contributed by atoms with van der Waals surface area (Å²) in [5, 5.41) is 0. The minimum absolute atomic E-state index is 0.0535. The first-order valence-corrected chi connectivity index (χ1v) is 5.12. The number of ketones is 1. The van der Waals surface area contributed by atoms with E-state index in [-0.39, 0.29) is 5.41 Å². The Bertz CT molecular complexity index is 244. The van der Waals surface area contributed by atoms with E-state index < -0.39 is 0 Å². The molecule has 0 aromatic heterocycles. The monoisotopic (exact) mass is 178 g/mol. The molecule has 0 heterocycles. The standard InChI is InChI=1S/C12H18O/c1-3-4-6-9-12(2)10-7-5-8-11(12)13/h5-10H2,1-2H3. The fourth-order valence-electron chi connectivity index (χ4n) is 1.97. The second-order valence-electron chi connectivity index (χ2n) is 4.12. The Labute approximate surface area is 80.9 Å². The highest BCUT2D eigenvalue weighted by molar-refractivity contribution is 5.85. The van der Waals surface area contributed by atoms with Crippen LogP contribution in [0.2, 0.25) is 0 Å². The van der Waals surface area contributed by atoms with Gasteiger partial charge in [-0.05, 0) is 26.2 Å². The van der Waals surface area contributed by atoms with Crippen LogP contribution in [0, 0.1) is 17.3 Å². The van der Waals surface area contributed by atoms with E-state index in [0.717, 1.165) is 32.1 Å². The molecule has 0 aromatic rings. The summed E-state index contributed by atoms with van der Waals surface area (Å²) in [4.78, 5) is 11.7. The van der Waals surface area contributed by atoms with Crippen LogP contribution < -0.4 is 0 Å². The average Bonchev–Trinajstić information content (AvgIpc) is 2.11. The Morgan fingerprint density at radius 2 is 2.23 bits per heavy atom. The van der Waals surface area contributed by atoms with Crippen LogP contribution in [0.3, 0.4) is 0 Å². The minimum atomic E-state index is -0.0535. The van der Waals surface area contributed by atoms with E-state index in [1.807, 2.05) is 6.92 Å². The third-order valence-corrected chi connectivity index (χ3v) is 3.03. The van der Waals surface area contributed by atoms with Crippen LogP contribution in [0.1, 0.15) is 52.4 Å². The summed E-state index contributed by atoms with van der Waals surface area (Å²) >= 11 is 0. The first-order chi connectivity index (χ1) is 6.19. The predicted molar refractivity (Wildman–Crippen MR) is 54.3 cm³/mol. The zero-order chi connectivity index (χ0) is 9.73. The van der Waals surface area contributed by atoms with Crippen molar-refractivity contribution in [2.45, 2.75) is 52.4 Å². The Kier molecular flexibility index (Phi) is 3.54. The Morgan fingerprint density at radius 3 is 2.85 bits per heavy atom. The fourth-order valence-corrected chi connectivity index (χ4v) is 1.97. The third kappa shape index (κ3) is 2.59. The molecular formula is C12H18O. The lowest BCUT2D eigenvalue weighted by molar-refractivity contribution is -0.130. The average molecular weight is 178 g/mol. The van der Waals surface area contributed by atoms with E-state index >= 15 is 0 Å². The second kappa shape index (κ2) is 4.46. The zero-order valence-corrected chi connectivity index (χ0v) is 8.65. The van der Waals surface area contributed by atoms with Crippen LogP contribution >= 0.6 is 0 Å². The lowest BCUT2D eigenvalue weighted by Crippen LogP contribution is -2.30. The highest BCUT2D eigenvalue weighted by Crippen LogP contribution is 2.36. The summed E-state index contributed by atoms with van der Waals surface area (Å²) in [6.45, 7) is 3.96. The van der Waals surface area contributed by atoms with Crippen LogP contribution in [-0.2, 0) is 4.79 Å². The maximum absolute atomic E-state index is 11.7. The van der Waals surface area contributed by atoms with Gasteiger partial charge < -0.3 is 0 Å². The third-order valence-electron chi connectivity index (χ3n) is 3.03. The molecule has 1 nitrogen and oxygen atoms in total. The quantitative estimate of drug-likeness (QED) is 0.594. The molecule has 0 spiro atoms. The lowest BCUT2D eigenvalue weighted by atomic mass is 9.72. The number of rotatable bonds is 2. The summed E-state index contributed by atoms with van der Waals surface area (Å²) < 4.78 is 0. The predicted octanol–water partition coefficient (Wildman–Crippen LogP) is 2.94. The van der Waals surface area contributed by atoms with E-state index in [9.17, 15) is 4.79 Å². The van der Waals surface area contributed by atoms with Crippen LogP contribution in [0.25, 0.3) is 0 Å². The smallest absolute Gasteiger partial charge is 0.138 e. The van der Waals surface area contributed by atoms with Gasteiger partial charge in [-0.2, -0.15) is 0 Å². The van der Waals surface area contributed by atoms with E-state index in [4.69, 9.17) is 0 Å². The normalized spacial score (nSPS) is 28.0. The van der Waals surface area contributed by atoms with Gasteiger partial charge in [-0.3, -0.25) is 4.79 Å². The van der Waals surface area contributed by atoms with E-state index in [1.54, 1.807) is 0 Å². The number of hydrogen-bond acceptors (Lipinski definition) is 1. The molecule has 1 unspecified atom stereocenters. The maximum Gasteiger partial charge on any atom is 0.138 e. The molecule has 1 aliphatic carbocycles. The summed E-state index contributed by atoms with van der Waals surface area (Å²) in [5.74, 6) is 6.37. The van der Waals surface area contributed by atoms with Crippen molar-refractivity contribution in [3.8, 4) is 11.8 Å². The van der Waals surface area contributed by atoms with Crippen molar-refractivity contribution >= 4 is 5.78 Å². The van der Waals surface area contributed by atoms with Crippen molar-refractivity contribution in [3.05, 3.63) is 0 Å². The van der Waals surface area contributed by atoms with Crippen LogP contribution in [-0.4, -0.2) is 5.78 Å². The Morgan fingerprint density at radius 1 is 1.46 bits per heavy atom. The summed E-state index contributed by atoms with van der Waals surface area (Å²) in [6.07, 6.45) is 5.98. The van der Waals surface area contributed by atoms with Gasteiger partial charge in [-0.25, -0.2) is 0 Å². The molecule has 0 N–H and O–H groups in total. The van der Waals surface area contributed by atoms with Gasteiger partial charge in [-0.1, -0.05) is 13.3 Å². The van der Waals surface area contributed by atoms with E-state index in [0.29, 0.717) is 5.78 Å². The van der Waals surface area contributed by atoms with Gasteiger partial charge >= 0.3 is 0 Å². The maximum atomic E-state index is 11.7.